The summed E-state index contributed by atoms with van der Waals surface area (Å²) in [5, 5.41) is 1.57. The molecule has 0 unspecified atom stereocenters. The second kappa shape index (κ2) is 3.03. The van der Waals surface area contributed by atoms with Crippen molar-refractivity contribution in [1.82, 2.24) is 0 Å². The van der Waals surface area contributed by atoms with Crippen molar-refractivity contribution in [2.75, 3.05) is 0 Å². The zero-order valence-electron chi connectivity index (χ0n) is 3.80. The van der Waals surface area contributed by atoms with Crippen molar-refractivity contribution in [3.8, 4) is 0 Å². The minimum atomic E-state index is 0.671. The molecule has 0 saturated heterocycles. The molecule has 44 valence electrons. The van der Waals surface area contributed by atoms with Gasteiger partial charge in [-0.2, -0.15) is 0 Å². The first-order chi connectivity index (χ1) is 3.83. The van der Waals surface area contributed by atoms with Gasteiger partial charge in [0.25, 0.3) is 0 Å². The summed E-state index contributed by atoms with van der Waals surface area (Å²) in [5.41, 5.74) is 0. The highest BCUT2D eigenvalue weighted by Gasteiger charge is 1.93. The molecule has 0 aromatic carbocycles. The summed E-state index contributed by atoms with van der Waals surface area (Å²) in [6.45, 7) is 0. The zero-order chi connectivity index (χ0) is 5.98. The molecule has 1 aromatic heterocycles. The third-order valence-electron chi connectivity index (χ3n) is 0.643. The van der Waals surface area contributed by atoms with Crippen LogP contribution in [0.4, 0.5) is 0 Å². The predicted molar refractivity (Wildman–Crippen MR) is 45.8 cm³/mol. The van der Waals surface area contributed by atoms with Crippen molar-refractivity contribution in [2.24, 2.45) is 0 Å². The van der Waals surface area contributed by atoms with Gasteiger partial charge in [0.15, 0.2) is 10.2 Å². The first-order valence-electron chi connectivity index (χ1n) is 1.90. The van der Waals surface area contributed by atoms with Gasteiger partial charge in [0.2, 0.25) is 0 Å². The monoisotopic (exact) mass is 258 g/mol. The number of hydrogen-bond donors (Lipinski definition) is 1. The largest absolute Gasteiger partial charge is 0.443 e. The highest BCUT2D eigenvalue weighted by atomic mass is 127. The van der Waals surface area contributed by atoms with Crippen LogP contribution in [-0.2, 0) is 0 Å². The standard InChI is InChI=1S/C4H3IOS2/c5-8-4-2-1-3(7)6-4/h1-2,7H. The topological polar surface area (TPSA) is 13.1 Å². The Labute approximate surface area is 69.2 Å². The lowest BCUT2D eigenvalue weighted by Crippen LogP contribution is -1.46. The lowest BCUT2D eigenvalue weighted by Gasteiger charge is -1.80. The van der Waals surface area contributed by atoms with Crippen LogP contribution >= 0.6 is 42.8 Å². The molecule has 0 saturated carbocycles. The molecule has 8 heavy (non-hydrogen) atoms. The fraction of sp³-hybridized carbons (Fsp3) is 0. The van der Waals surface area contributed by atoms with Gasteiger partial charge in [0.05, 0.1) is 0 Å². The van der Waals surface area contributed by atoms with Crippen LogP contribution in [0.25, 0.3) is 0 Å². The molecule has 4 heteroatoms. The van der Waals surface area contributed by atoms with E-state index >= 15 is 0 Å². The quantitative estimate of drug-likeness (QED) is 0.614. The van der Waals surface area contributed by atoms with Gasteiger partial charge in [0, 0.05) is 21.2 Å². The minimum absolute atomic E-state index is 0.671. The van der Waals surface area contributed by atoms with E-state index in [9.17, 15) is 0 Å². The number of hydrogen-bond acceptors (Lipinski definition) is 3. The van der Waals surface area contributed by atoms with E-state index < -0.39 is 0 Å². The molecule has 0 amide bonds. The highest BCUT2D eigenvalue weighted by Crippen LogP contribution is 2.27. The molecule has 0 atom stereocenters. The van der Waals surface area contributed by atoms with Gasteiger partial charge in [-0.25, -0.2) is 0 Å². The average Bonchev–Trinajstić information content (AvgIpc) is 2.14. The first kappa shape index (κ1) is 6.82. The van der Waals surface area contributed by atoms with E-state index in [1.54, 1.807) is 8.93 Å². The Bertz CT molecular complexity index is 174. The lowest BCUT2D eigenvalue weighted by molar-refractivity contribution is 0.399. The molecular formula is C4H3IOS2. The van der Waals surface area contributed by atoms with Crippen LogP contribution in [0.5, 0.6) is 0 Å². The van der Waals surface area contributed by atoms with Gasteiger partial charge >= 0.3 is 0 Å². The van der Waals surface area contributed by atoms with Crippen molar-refractivity contribution >= 4 is 42.8 Å². The molecule has 0 aliphatic rings. The minimum Gasteiger partial charge on any atom is -0.443 e. The Hall–Kier alpha value is 0.710. The molecule has 0 N–H and O–H groups in total. The van der Waals surface area contributed by atoms with Crippen LogP contribution in [0.2, 0.25) is 0 Å². The smallest absolute Gasteiger partial charge is 0.171 e. The number of thiol groups is 1. The normalized spacial score (nSPS) is 9.75. The van der Waals surface area contributed by atoms with E-state index in [2.05, 4.69) is 33.8 Å². The van der Waals surface area contributed by atoms with E-state index in [-0.39, 0.29) is 0 Å². The summed E-state index contributed by atoms with van der Waals surface area (Å²) < 4.78 is 5.05. The molecule has 1 heterocycles. The average molecular weight is 258 g/mol. The van der Waals surface area contributed by atoms with Gasteiger partial charge in [-0.05, 0) is 21.1 Å². The molecule has 1 rings (SSSR count). The van der Waals surface area contributed by atoms with Gasteiger partial charge < -0.3 is 4.42 Å². The Morgan fingerprint density at radius 1 is 1.62 bits per heavy atom. The molecule has 0 bridgehead atoms. The Morgan fingerprint density at radius 2 is 2.38 bits per heavy atom. The second-order valence-electron chi connectivity index (χ2n) is 1.17. The van der Waals surface area contributed by atoms with Crippen molar-refractivity contribution in [2.45, 2.75) is 10.2 Å². The van der Waals surface area contributed by atoms with E-state index in [0.717, 1.165) is 5.09 Å². The van der Waals surface area contributed by atoms with Crippen molar-refractivity contribution in [3.63, 3.8) is 0 Å². The fourth-order valence-corrected chi connectivity index (χ4v) is 1.54. The summed E-state index contributed by atoms with van der Waals surface area (Å²) >= 11 is 6.13. The van der Waals surface area contributed by atoms with E-state index in [1.807, 2.05) is 12.1 Å². The Morgan fingerprint density at radius 3 is 2.62 bits per heavy atom. The zero-order valence-corrected chi connectivity index (χ0v) is 7.66. The van der Waals surface area contributed by atoms with Gasteiger partial charge in [-0.1, -0.05) is 0 Å². The molecule has 0 spiro atoms. The summed E-state index contributed by atoms with van der Waals surface area (Å²) in [4.78, 5) is 0. The highest BCUT2D eigenvalue weighted by molar-refractivity contribution is 14.2. The van der Waals surface area contributed by atoms with Gasteiger partial charge in [0.1, 0.15) is 0 Å². The maximum absolute atomic E-state index is 5.05. The van der Waals surface area contributed by atoms with Crippen molar-refractivity contribution in [3.05, 3.63) is 12.1 Å². The maximum atomic E-state index is 5.05. The summed E-state index contributed by atoms with van der Waals surface area (Å²) in [6.07, 6.45) is 0. The molecule has 0 fully saturated rings. The fourth-order valence-electron chi connectivity index (χ4n) is 0.352. The summed E-state index contributed by atoms with van der Waals surface area (Å²) in [6, 6.07) is 3.71. The molecular weight excluding hydrogens is 255 g/mol. The van der Waals surface area contributed by atoms with Crippen molar-refractivity contribution < 1.29 is 4.42 Å². The number of furan rings is 1. The second-order valence-corrected chi connectivity index (χ2v) is 3.49. The van der Waals surface area contributed by atoms with Crippen LogP contribution in [0.15, 0.2) is 26.7 Å². The maximum Gasteiger partial charge on any atom is 0.171 e. The third kappa shape index (κ3) is 1.60. The lowest BCUT2D eigenvalue weighted by atomic mass is 10.7. The number of rotatable bonds is 1. The molecule has 1 nitrogen and oxygen atoms in total. The summed E-state index contributed by atoms with van der Waals surface area (Å²) in [5.74, 6) is 0. The summed E-state index contributed by atoms with van der Waals surface area (Å²) in [7, 11) is 1.54. The van der Waals surface area contributed by atoms with Crippen LogP contribution in [0.1, 0.15) is 0 Å². The van der Waals surface area contributed by atoms with Crippen molar-refractivity contribution in [1.29, 1.82) is 0 Å². The molecule has 0 radical (unpaired) electrons. The predicted octanol–water partition coefficient (Wildman–Crippen LogP) is 3.01. The van der Waals surface area contributed by atoms with Gasteiger partial charge in [-0.15, -0.1) is 12.6 Å². The Balaban J connectivity index is 2.84. The Kier molecular flexibility index (Phi) is 2.58. The van der Waals surface area contributed by atoms with Crippen LogP contribution in [0, 0.1) is 0 Å². The number of halogens is 1. The van der Waals surface area contributed by atoms with E-state index in [4.69, 9.17) is 4.42 Å². The molecule has 0 aliphatic carbocycles. The van der Waals surface area contributed by atoms with Crippen LogP contribution in [0.3, 0.4) is 0 Å². The van der Waals surface area contributed by atoms with Gasteiger partial charge in [-0.3, -0.25) is 0 Å². The van der Waals surface area contributed by atoms with Crippen LogP contribution in [-0.4, -0.2) is 0 Å². The van der Waals surface area contributed by atoms with E-state index in [0.29, 0.717) is 5.09 Å². The van der Waals surface area contributed by atoms with Crippen LogP contribution < -0.4 is 0 Å². The SMILES string of the molecule is Sc1ccc(SI)o1. The third-order valence-corrected chi connectivity index (χ3v) is 2.56. The molecule has 0 aliphatic heterocycles. The van der Waals surface area contributed by atoms with E-state index in [1.165, 1.54) is 0 Å². The first-order valence-corrected chi connectivity index (χ1v) is 5.71. The molecule has 1 aromatic rings.